The van der Waals surface area contributed by atoms with Crippen molar-refractivity contribution in [3.63, 3.8) is 0 Å². The van der Waals surface area contributed by atoms with Gasteiger partial charge < -0.3 is 9.47 Å². The lowest BCUT2D eigenvalue weighted by Gasteiger charge is -2.16. The molecule has 1 aromatic rings. The van der Waals surface area contributed by atoms with E-state index in [4.69, 9.17) is 9.47 Å². The summed E-state index contributed by atoms with van der Waals surface area (Å²) in [5, 5.41) is 10.8. The summed E-state index contributed by atoms with van der Waals surface area (Å²) in [5.41, 5.74) is 0.659. The second-order valence-corrected chi connectivity index (χ2v) is 4.27. The number of benzene rings is 1. The average molecular weight is 282 g/mol. The molecule has 110 valence electrons. The summed E-state index contributed by atoms with van der Waals surface area (Å²) in [6, 6.07) is 4.52. The molecule has 0 saturated carbocycles. The van der Waals surface area contributed by atoms with Crippen LogP contribution in [-0.2, 0) is 16.1 Å². The summed E-state index contributed by atoms with van der Waals surface area (Å²) >= 11 is 0. The zero-order valence-corrected chi connectivity index (χ0v) is 11.8. The standard InChI is InChI=1S/C13H18N2O5/c1-4-20-13(16)9-14(2)8-10-5-11(15(17)18)7-12(6-10)19-3/h5-7H,4,8-9H2,1-3H3. The van der Waals surface area contributed by atoms with Crippen LogP contribution in [0.1, 0.15) is 12.5 Å². The molecular formula is C13H18N2O5. The van der Waals surface area contributed by atoms with Crippen molar-refractivity contribution in [2.45, 2.75) is 13.5 Å². The highest BCUT2D eigenvalue weighted by atomic mass is 16.6. The molecule has 0 amide bonds. The maximum absolute atomic E-state index is 11.3. The number of methoxy groups -OCH3 is 1. The van der Waals surface area contributed by atoms with Gasteiger partial charge in [-0.2, -0.15) is 0 Å². The number of ether oxygens (including phenoxy) is 2. The van der Waals surface area contributed by atoms with Crippen LogP contribution >= 0.6 is 0 Å². The number of esters is 1. The number of nitrogens with zero attached hydrogens (tertiary/aromatic N) is 2. The first-order valence-corrected chi connectivity index (χ1v) is 6.12. The third-order valence-electron chi connectivity index (χ3n) is 2.55. The Morgan fingerprint density at radius 1 is 1.40 bits per heavy atom. The van der Waals surface area contributed by atoms with E-state index >= 15 is 0 Å². The van der Waals surface area contributed by atoms with E-state index in [-0.39, 0.29) is 18.2 Å². The summed E-state index contributed by atoms with van der Waals surface area (Å²) in [5.74, 6) is 0.0890. The zero-order valence-electron chi connectivity index (χ0n) is 11.8. The second kappa shape index (κ2) is 7.44. The molecule has 20 heavy (non-hydrogen) atoms. The van der Waals surface area contributed by atoms with Crippen LogP contribution in [0, 0.1) is 10.1 Å². The molecule has 0 spiro atoms. The van der Waals surface area contributed by atoms with E-state index < -0.39 is 4.92 Å². The molecule has 0 aromatic heterocycles. The third kappa shape index (κ3) is 4.85. The van der Waals surface area contributed by atoms with Crippen LogP contribution in [0.3, 0.4) is 0 Å². The SMILES string of the molecule is CCOC(=O)CN(C)Cc1cc(OC)cc([N+](=O)[O-])c1. The second-order valence-electron chi connectivity index (χ2n) is 4.27. The minimum atomic E-state index is -0.475. The fraction of sp³-hybridized carbons (Fsp3) is 0.462. The van der Waals surface area contributed by atoms with Crippen LogP contribution in [-0.4, -0.2) is 43.1 Å². The largest absolute Gasteiger partial charge is 0.496 e. The molecule has 0 heterocycles. The molecule has 7 heteroatoms. The Balaban J connectivity index is 2.78. The highest BCUT2D eigenvalue weighted by Crippen LogP contribution is 2.23. The number of nitro groups is 1. The van der Waals surface area contributed by atoms with Crippen LogP contribution in [0.5, 0.6) is 5.75 Å². The van der Waals surface area contributed by atoms with E-state index in [0.29, 0.717) is 24.5 Å². The Bertz CT molecular complexity index is 490. The van der Waals surface area contributed by atoms with Crippen LogP contribution in [0.15, 0.2) is 18.2 Å². The van der Waals surface area contributed by atoms with E-state index in [2.05, 4.69) is 0 Å². The number of nitro benzene ring substituents is 1. The van der Waals surface area contributed by atoms with Gasteiger partial charge in [-0.25, -0.2) is 0 Å². The molecule has 0 unspecified atom stereocenters. The number of carbonyl (C=O) groups excluding carboxylic acids is 1. The van der Waals surface area contributed by atoms with Gasteiger partial charge in [0.05, 0.1) is 31.3 Å². The van der Waals surface area contributed by atoms with Crippen LogP contribution in [0.2, 0.25) is 0 Å². The summed E-state index contributed by atoms with van der Waals surface area (Å²) < 4.78 is 9.88. The van der Waals surface area contributed by atoms with E-state index in [1.165, 1.54) is 19.2 Å². The van der Waals surface area contributed by atoms with Crippen molar-refractivity contribution in [3.05, 3.63) is 33.9 Å². The van der Waals surface area contributed by atoms with Crippen LogP contribution in [0.4, 0.5) is 5.69 Å². The van der Waals surface area contributed by atoms with Crippen molar-refractivity contribution in [1.82, 2.24) is 4.90 Å². The smallest absolute Gasteiger partial charge is 0.320 e. The molecule has 1 rings (SSSR count). The minimum Gasteiger partial charge on any atom is -0.496 e. The maximum atomic E-state index is 11.3. The monoisotopic (exact) mass is 282 g/mol. The van der Waals surface area contributed by atoms with E-state index in [9.17, 15) is 14.9 Å². The first-order chi connectivity index (χ1) is 9.46. The quantitative estimate of drug-likeness (QED) is 0.429. The third-order valence-corrected chi connectivity index (χ3v) is 2.55. The Morgan fingerprint density at radius 3 is 2.65 bits per heavy atom. The molecule has 0 fully saturated rings. The summed E-state index contributed by atoms with van der Waals surface area (Å²) in [6.07, 6.45) is 0. The fourth-order valence-electron chi connectivity index (χ4n) is 1.75. The zero-order chi connectivity index (χ0) is 15.1. The molecule has 0 aliphatic rings. The molecule has 7 nitrogen and oxygen atoms in total. The highest BCUT2D eigenvalue weighted by Gasteiger charge is 2.13. The average Bonchev–Trinajstić information content (AvgIpc) is 2.38. The van der Waals surface area contributed by atoms with E-state index in [1.54, 1.807) is 24.9 Å². The number of hydrogen-bond acceptors (Lipinski definition) is 6. The van der Waals surface area contributed by atoms with E-state index in [0.717, 1.165) is 0 Å². The van der Waals surface area contributed by atoms with Crippen molar-refractivity contribution in [3.8, 4) is 5.75 Å². The molecule has 0 atom stereocenters. The highest BCUT2D eigenvalue weighted by molar-refractivity contribution is 5.71. The topological polar surface area (TPSA) is 81.9 Å². The predicted molar refractivity (Wildman–Crippen MR) is 72.6 cm³/mol. The first-order valence-electron chi connectivity index (χ1n) is 6.12. The summed E-state index contributed by atoms with van der Waals surface area (Å²) in [6.45, 7) is 2.58. The van der Waals surface area contributed by atoms with Crippen molar-refractivity contribution < 1.29 is 19.2 Å². The number of likely N-dealkylation sites (N-methyl/N-ethyl adjacent to an activating group) is 1. The molecule has 0 bridgehead atoms. The van der Waals surface area contributed by atoms with Gasteiger partial charge in [-0.15, -0.1) is 0 Å². The first kappa shape index (κ1) is 15.9. The van der Waals surface area contributed by atoms with Crippen molar-refractivity contribution in [2.24, 2.45) is 0 Å². The van der Waals surface area contributed by atoms with Gasteiger partial charge in [0.15, 0.2) is 0 Å². The summed E-state index contributed by atoms with van der Waals surface area (Å²) in [7, 11) is 3.19. The van der Waals surface area contributed by atoms with Crippen LogP contribution in [0.25, 0.3) is 0 Å². The van der Waals surface area contributed by atoms with Gasteiger partial charge in [0.1, 0.15) is 5.75 Å². The molecule has 0 saturated heterocycles. The number of carbonyl (C=O) groups is 1. The van der Waals surface area contributed by atoms with Gasteiger partial charge in [0.2, 0.25) is 0 Å². The molecular weight excluding hydrogens is 264 g/mol. The van der Waals surface area contributed by atoms with E-state index in [1.807, 2.05) is 0 Å². The van der Waals surface area contributed by atoms with Gasteiger partial charge in [-0.1, -0.05) is 0 Å². The lowest BCUT2D eigenvalue weighted by atomic mass is 10.2. The molecule has 1 aromatic carbocycles. The van der Waals surface area contributed by atoms with Crippen LogP contribution < -0.4 is 4.74 Å². The fourth-order valence-corrected chi connectivity index (χ4v) is 1.75. The minimum absolute atomic E-state index is 0.0381. The van der Waals surface area contributed by atoms with Gasteiger partial charge >= 0.3 is 5.97 Å². The van der Waals surface area contributed by atoms with Crippen molar-refractivity contribution in [2.75, 3.05) is 27.3 Å². The van der Waals surface area contributed by atoms with Gasteiger partial charge in [0, 0.05) is 12.6 Å². The maximum Gasteiger partial charge on any atom is 0.320 e. The number of hydrogen-bond donors (Lipinski definition) is 0. The Morgan fingerprint density at radius 2 is 2.10 bits per heavy atom. The lowest BCUT2D eigenvalue weighted by molar-refractivity contribution is -0.385. The summed E-state index contributed by atoms with van der Waals surface area (Å²) in [4.78, 5) is 23.4. The number of rotatable bonds is 7. The molecule has 0 aliphatic heterocycles. The molecule has 0 radical (unpaired) electrons. The molecule has 0 aliphatic carbocycles. The van der Waals surface area contributed by atoms with Crippen molar-refractivity contribution in [1.29, 1.82) is 0 Å². The van der Waals surface area contributed by atoms with Gasteiger partial charge in [-0.3, -0.25) is 19.8 Å². The molecule has 0 N–H and O–H groups in total. The lowest BCUT2D eigenvalue weighted by Crippen LogP contribution is -2.27. The normalized spacial score (nSPS) is 10.4. The van der Waals surface area contributed by atoms with Crippen molar-refractivity contribution >= 4 is 11.7 Å². The number of non-ortho nitro benzene ring substituents is 1. The predicted octanol–water partition coefficient (Wildman–Crippen LogP) is 1.60. The Labute approximate surface area is 117 Å². The van der Waals surface area contributed by atoms with Gasteiger partial charge in [-0.05, 0) is 25.6 Å². The Kier molecular flexibility index (Phi) is 5.92. The van der Waals surface area contributed by atoms with Gasteiger partial charge in [0.25, 0.3) is 5.69 Å². The Hall–Kier alpha value is -2.15.